The summed E-state index contributed by atoms with van der Waals surface area (Å²) in [5.74, 6) is 0. The fourth-order valence-electron chi connectivity index (χ4n) is 2.23. The van der Waals surface area contributed by atoms with Gasteiger partial charge in [0.1, 0.15) is 0 Å². The van der Waals surface area contributed by atoms with E-state index >= 15 is 0 Å². The highest BCUT2D eigenvalue weighted by Crippen LogP contribution is 2.11. The lowest BCUT2D eigenvalue weighted by Gasteiger charge is -2.00. The first-order valence-corrected chi connectivity index (χ1v) is 7.30. The van der Waals surface area contributed by atoms with Crippen LogP contribution in [-0.4, -0.2) is 0 Å². The van der Waals surface area contributed by atoms with Crippen molar-refractivity contribution in [3.63, 3.8) is 0 Å². The Labute approximate surface area is 102 Å². The molecule has 0 N–H and O–H groups in total. The maximum Gasteiger partial charge on any atom is -0.0351 e. The molecule has 0 aromatic carbocycles. The normalized spacial score (nSPS) is 22.0. The van der Waals surface area contributed by atoms with Crippen molar-refractivity contribution < 1.29 is 0 Å². The van der Waals surface area contributed by atoms with Crippen LogP contribution < -0.4 is 0 Å². The molecule has 16 heavy (non-hydrogen) atoms. The smallest absolute Gasteiger partial charge is 0.0351 e. The zero-order valence-electron chi connectivity index (χ0n) is 10.8. The van der Waals surface area contributed by atoms with Crippen LogP contribution >= 0.6 is 0 Å². The first-order valence-electron chi connectivity index (χ1n) is 7.30. The molecule has 0 nitrogen and oxygen atoms in total. The van der Waals surface area contributed by atoms with Crippen LogP contribution in [0, 0.1) is 0 Å². The van der Waals surface area contributed by atoms with Crippen LogP contribution in [-0.2, 0) is 0 Å². The lowest BCUT2D eigenvalue weighted by molar-refractivity contribution is 0.599. The molecule has 0 bridgehead atoms. The topological polar surface area (TPSA) is 0 Å². The summed E-state index contributed by atoms with van der Waals surface area (Å²) in [4.78, 5) is 0. The molecule has 0 atom stereocenters. The van der Waals surface area contributed by atoms with Crippen molar-refractivity contribution in [2.24, 2.45) is 0 Å². The lowest BCUT2D eigenvalue weighted by Crippen LogP contribution is -1.80. The van der Waals surface area contributed by atoms with Gasteiger partial charge in [-0.3, -0.25) is 0 Å². The SMILES string of the molecule is C1=CCCCCCCCCC=CCCCC1. The van der Waals surface area contributed by atoms with Crippen molar-refractivity contribution in [3.05, 3.63) is 24.3 Å². The Kier molecular flexibility index (Phi) is 9.30. The molecular weight excluding hydrogens is 192 g/mol. The van der Waals surface area contributed by atoms with Crippen LogP contribution in [0.1, 0.15) is 77.0 Å². The van der Waals surface area contributed by atoms with E-state index in [0.717, 1.165) is 0 Å². The average molecular weight is 220 g/mol. The molecule has 1 aliphatic rings. The van der Waals surface area contributed by atoms with E-state index in [1.165, 1.54) is 77.0 Å². The molecule has 0 aromatic rings. The molecule has 0 saturated carbocycles. The zero-order valence-corrected chi connectivity index (χ0v) is 10.8. The van der Waals surface area contributed by atoms with Gasteiger partial charge in [0.25, 0.3) is 0 Å². The summed E-state index contributed by atoms with van der Waals surface area (Å²) in [5, 5.41) is 0. The van der Waals surface area contributed by atoms with Gasteiger partial charge in [0.15, 0.2) is 0 Å². The van der Waals surface area contributed by atoms with Gasteiger partial charge < -0.3 is 0 Å². The first kappa shape index (κ1) is 13.5. The van der Waals surface area contributed by atoms with E-state index in [1.54, 1.807) is 0 Å². The standard InChI is InChI=1S/C16H28/c1-2-4-6-8-10-12-14-16-15-13-11-9-7-5-3-1/h1-2,11,13H,3-10,12,14-16H2. The zero-order chi connectivity index (χ0) is 11.3. The molecule has 0 radical (unpaired) electrons. The Morgan fingerprint density at radius 1 is 0.312 bits per heavy atom. The van der Waals surface area contributed by atoms with Gasteiger partial charge in [-0.25, -0.2) is 0 Å². The number of hydrogen-bond donors (Lipinski definition) is 0. The summed E-state index contributed by atoms with van der Waals surface area (Å²) in [6.07, 6.45) is 26.0. The van der Waals surface area contributed by atoms with Crippen LogP contribution in [0.3, 0.4) is 0 Å². The third kappa shape index (κ3) is 8.76. The van der Waals surface area contributed by atoms with Gasteiger partial charge in [-0.2, -0.15) is 0 Å². The maximum absolute atomic E-state index is 2.39. The summed E-state index contributed by atoms with van der Waals surface area (Å²) < 4.78 is 0. The summed E-state index contributed by atoms with van der Waals surface area (Å²) in [5.41, 5.74) is 0. The van der Waals surface area contributed by atoms with Crippen molar-refractivity contribution in [2.45, 2.75) is 77.0 Å². The van der Waals surface area contributed by atoms with Crippen molar-refractivity contribution >= 4 is 0 Å². The number of rotatable bonds is 0. The van der Waals surface area contributed by atoms with Crippen molar-refractivity contribution in [1.82, 2.24) is 0 Å². The number of allylic oxidation sites excluding steroid dienone is 4. The molecule has 1 rings (SSSR count). The van der Waals surface area contributed by atoms with Gasteiger partial charge in [0.2, 0.25) is 0 Å². The molecule has 0 spiro atoms. The van der Waals surface area contributed by atoms with Crippen LogP contribution in [0.15, 0.2) is 24.3 Å². The molecule has 0 saturated heterocycles. The molecule has 0 heterocycles. The van der Waals surface area contributed by atoms with Crippen molar-refractivity contribution in [3.8, 4) is 0 Å². The van der Waals surface area contributed by atoms with Gasteiger partial charge >= 0.3 is 0 Å². The van der Waals surface area contributed by atoms with Gasteiger partial charge in [-0.15, -0.1) is 0 Å². The molecule has 0 heteroatoms. The van der Waals surface area contributed by atoms with Gasteiger partial charge in [-0.05, 0) is 51.4 Å². The quantitative estimate of drug-likeness (QED) is 0.453. The second-order valence-electron chi connectivity index (χ2n) is 4.93. The molecule has 0 aliphatic heterocycles. The van der Waals surface area contributed by atoms with Crippen molar-refractivity contribution in [2.75, 3.05) is 0 Å². The van der Waals surface area contributed by atoms with Crippen LogP contribution in [0.4, 0.5) is 0 Å². The van der Waals surface area contributed by atoms with Crippen molar-refractivity contribution in [1.29, 1.82) is 0 Å². The van der Waals surface area contributed by atoms with E-state index in [4.69, 9.17) is 0 Å². The van der Waals surface area contributed by atoms with Gasteiger partial charge in [0, 0.05) is 0 Å². The second kappa shape index (κ2) is 11.0. The van der Waals surface area contributed by atoms with Gasteiger partial charge in [-0.1, -0.05) is 50.0 Å². The minimum atomic E-state index is 1.29. The Morgan fingerprint density at radius 3 is 0.938 bits per heavy atom. The predicted octanol–water partition coefficient (Wildman–Crippen LogP) is 5.79. The molecular formula is C16H28. The van der Waals surface area contributed by atoms with E-state index in [2.05, 4.69) is 24.3 Å². The van der Waals surface area contributed by atoms with E-state index < -0.39 is 0 Å². The van der Waals surface area contributed by atoms with Crippen LogP contribution in [0.5, 0.6) is 0 Å². The Balaban J connectivity index is 2.14. The highest BCUT2D eigenvalue weighted by Gasteiger charge is 1.91. The van der Waals surface area contributed by atoms with E-state index in [0.29, 0.717) is 0 Å². The minimum Gasteiger partial charge on any atom is -0.0885 e. The minimum absolute atomic E-state index is 1.29. The molecule has 0 aromatic heterocycles. The summed E-state index contributed by atoms with van der Waals surface area (Å²) in [6, 6.07) is 0. The fourth-order valence-corrected chi connectivity index (χ4v) is 2.23. The highest BCUT2D eigenvalue weighted by molar-refractivity contribution is 4.84. The Bertz CT molecular complexity index is 166. The van der Waals surface area contributed by atoms with E-state index in [9.17, 15) is 0 Å². The predicted molar refractivity (Wildman–Crippen MR) is 73.7 cm³/mol. The Hall–Kier alpha value is -0.520. The van der Waals surface area contributed by atoms with Crippen LogP contribution in [0.2, 0.25) is 0 Å². The molecule has 92 valence electrons. The molecule has 0 fully saturated rings. The summed E-state index contributed by atoms with van der Waals surface area (Å²) in [6.45, 7) is 0. The van der Waals surface area contributed by atoms with E-state index in [-0.39, 0.29) is 0 Å². The molecule has 1 aliphatic carbocycles. The molecule has 0 unspecified atom stereocenters. The first-order chi connectivity index (χ1) is 8.00. The fraction of sp³-hybridized carbons (Fsp3) is 0.750. The largest absolute Gasteiger partial charge is 0.0885 e. The molecule has 0 amide bonds. The maximum atomic E-state index is 2.39. The monoisotopic (exact) mass is 220 g/mol. The summed E-state index contributed by atoms with van der Waals surface area (Å²) >= 11 is 0. The third-order valence-corrected chi connectivity index (χ3v) is 3.32. The summed E-state index contributed by atoms with van der Waals surface area (Å²) in [7, 11) is 0. The van der Waals surface area contributed by atoms with Crippen LogP contribution in [0.25, 0.3) is 0 Å². The third-order valence-electron chi connectivity index (χ3n) is 3.32. The lowest BCUT2D eigenvalue weighted by atomic mass is 10.1. The van der Waals surface area contributed by atoms with E-state index in [1.807, 2.05) is 0 Å². The average Bonchev–Trinajstić information content (AvgIpc) is 2.29. The highest BCUT2D eigenvalue weighted by atomic mass is 14.0. The second-order valence-corrected chi connectivity index (χ2v) is 4.93. The Morgan fingerprint density at radius 2 is 0.562 bits per heavy atom. The van der Waals surface area contributed by atoms with Gasteiger partial charge in [0.05, 0.1) is 0 Å². The number of hydrogen-bond acceptors (Lipinski definition) is 0.